The van der Waals surface area contributed by atoms with Crippen molar-refractivity contribution in [3.8, 4) is 10.6 Å². The largest absolute Gasteiger partial charge is 0.383 e. The normalized spacial score (nSPS) is 12.2. The highest BCUT2D eigenvalue weighted by Gasteiger charge is 2.14. The van der Waals surface area contributed by atoms with Crippen LogP contribution in [-0.4, -0.2) is 30.6 Å². The summed E-state index contributed by atoms with van der Waals surface area (Å²) < 4.78 is 4.98. The number of hydrogen-bond donors (Lipinski definition) is 1. The van der Waals surface area contributed by atoms with E-state index in [2.05, 4.69) is 10.3 Å². The van der Waals surface area contributed by atoms with Crippen LogP contribution in [0.4, 0.5) is 0 Å². The molecule has 0 saturated carbocycles. The molecule has 1 atom stereocenters. The second kappa shape index (κ2) is 6.83. The van der Waals surface area contributed by atoms with Gasteiger partial charge in [0.05, 0.1) is 6.61 Å². The first-order valence-corrected chi connectivity index (χ1v) is 7.37. The molecule has 0 saturated heterocycles. The van der Waals surface area contributed by atoms with Crippen molar-refractivity contribution in [2.45, 2.75) is 13.0 Å². The van der Waals surface area contributed by atoms with E-state index in [1.165, 1.54) is 11.3 Å². The van der Waals surface area contributed by atoms with Crippen molar-refractivity contribution in [2.24, 2.45) is 0 Å². The number of halogens is 1. The van der Waals surface area contributed by atoms with E-state index in [0.717, 1.165) is 10.6 Å². The summed E-state index contributed by atoms with van der Waals surface area (Å²) in [6.45, 7) is 2.35. The summed E-state index contributed by atoms with van der Waals surface area (Å²) in [5.41, 5.74) is 1.37. The zero-order chi connectivity index (χ0) is 14.5. The molecule has 0 aliphatic carbocycles. The van der Waals surface area contributed by atoms with E-state index in [9.17, 15) is 4.79 Å². The maximum Gasteiger partial charge on any atom is 0.271 e. The van der Waals surface area contributed by atoms with Gasteiger partial charge >= 0.3 is 0 Å². The molecule has 0 aliphatic heterocycles. The molecule has 1 amide bonds. The number of ether oxygens (including phenoxy) is 1. The zero-order valence-electron chi connectivity index (χ0n) is 11.2. The van der Waals surface area contributed by atoms with Gasteiger partial charge in [-0.2, -0.15) is 0 Å². The van der Waals surface area contributed by atoms with Crippen LogP contribution in [0.5, 0.6) is 0 Å². The van der Waals surface area contributed by atoms with Crippen LogP contribution in [0.3, 0.4) is 0 Å². The van der Waals surface area contributed by atoms with Gasteiger partial charge in [0.25, 0.3) is 5.91 Å². The van der Waals surface area contributed by atoms with Crippen LogP contribution in [0.2, 0.25) is 5.02 Å². The van der Waals surface area contributed by atoms with Crippen LogP contribution < -0.4 is 5.32 Å². The van der Waals surface area contributed by atoms with Crippen LogP contribution in [0.1, 0.15) is 17.4 Å². The van der Waals surface area contributed by atoms with Crippen molar-refractivity contribution in [2.75, 3.05) is 13.7 Å². The predicted molar refractivity (Wildman–Crippen MR) is 81.4 cm³/mol. The summed E-state index contributed by atoms with van der Waals surface area (Å²) in [6.07, 6.45) is 0. The lowest BCUT2D eigenvalue weighted by molar-refractivity contribution is 0.0901. The van der Waals surface area contributed by atoms with Crippen LogP contribution >= 0.6 is 22.9 Å². The summed E-state index contributed by atoms with van der Waals surface area (Å²) in [4.78, 5) is 16.3. The topological polar surface area (TPSA) is 51.2 Å². The summed E-state index contributed by atoms with van der Waals surface area (Å²) >= 11 is 7.28. The van der Waals surface area contributed by atoms with Gasteiger partial charge < -0.3 is 10.1 Å². The molecule has 20 heavy (non-hydrogen) atoms. The predicted octanol–water partition coefficient (Wildman–Crippen LogP) is 3.23. The molecule has 1 aromatic heterocycles. The molecule has 1 N–H and O–H groups in total. The first-order valence-electron chi connectivity index (χ1n) is 6.11. The quantitative estimate of drug-likeness (QED) is 0.922. The van der Waals surface area contributed by atoms with E-state index in [4.69, 9.17) is 16.3 Å². The molecule has 0 aliphatic rings. The third-order valence-electron chi connectivity index (χ3n) is 2.62. The molecule has 1 heterocycles. The van der Waals surface area contributed by atoms with Gasteiger partial charge in [-0.05, 0) is 19.1 Å². The van der Waals surface area contributed by atoms with Gasteiger partial charge in [-0.3, -0.25) is 4.79 Å². The average Bonchev–Trinajstić information content (AvgIpc) is 2.89. The minimum Gasteiger partial charge on any atom is -0.383 e. The highest BCUT2D eigenvalue weighted by Crippen LogP contribution is 2.25. The number of thiazole rings is 1. The lowest BCUT2D eigenvalue weighted by Gasteiger charge is -2.11. The van der Waals surface area contributed by atoms with E-state index in [0.29, 0.717) is 17.3 Å². The van der Waals surface area contributed by atoms with Crippen molar-refractivity contribution in [1.82, 2.24) is 10.3 Å². The van der Waals surface area contributed by atoms with Gasteiger partial charge in [-0.1, -0.05) is 23.7 Å². The van der Waals surface area contributed by atoms with Crippen LogP contribution in [-0.2, 0) is 4.74 Å². The number of nitrogens with one attached hydrogen (secondary N) is 1. The molecule has 0 radical (unpaired) electrons. The molecule has 106 valence electrons. The van der Waals surface area contributed by atoms with Crippen LogP contribution in [0, 0.1) is 0 Å². The first-order chi connectivity index (χ1) is 9.60. The van der Waals surface area contributed by atoms with Gasteiger partial charge in [0, 0.05) is 29.1 Å². The number of carbonyl (C=O) groups is 1. The molecule has 0 spiro atoms. The molecule has 0 fully saturated rings. The number of methoxy groups -OCH3 is 1. The van der Waals surface area contributed by atoms with Gasteiger partial charge in [-0.15, -0.1) is 11.3 Å². The number of benzene rings is 1. The lowest BCUT2D eigenvalue weighted by Crippen LogP contribution is -2.35. The highest BCUT2D eigenvalue weighted by molar-refractivity contribution is 7.13. The van der Waals surface area contributed by atoms with Crippen molar-refractivity contribution in [3.05, 3.63) is 40.4 Å². The van der Waals surface area contributed by atoms with Gasteiger partial charge in [0.15, 0.2) is 0 Å². The summed E-state index contributed by atoms with van der Waals surface area (Å²) in [5, 5.41) is 6.05. The molecule has 1 aromatic carbocycles. The van der Waals surface area contributed by atoms with Crippen molar-refractivity contribution in [3.63, 3.8) is 0 Å². The van der Waals surface area contributed by atoms with Gasteiger partial charge in [0.1, 0.15) is 10.7 Å². The Hall–Kier alpha value is -1.43. The molecule has 6 heteroatoms. The minimum absolute atomic E-state index is 0.0480. The Balaban J connectivity index is 2.08. The third kappa shape index (κ3) is 3.79. The van der Waals surface area contributed by atoms with Gasteiger partial charge in [0.2, 0.25) is 0 Å². The number of nitrogens with zero attached hydrogens (tertiary/aromatic N) is 1. The first kappa shape index (κ1) is 15.0. The second-order valence-electron chi connectivity index (χ2n) is 4.37. The minimum atomic E-state index is -0.189. The third-order valence-corrected chi connectivity index (χ3v) is 3.77. The number of rotatable bonds is 5. The SMILES string of the molecule is COCC(C)NC(=O)c1csc(-c2ccc(Cl)cc2)n1. The maximum atomic E-state index is 12.0. The summed E-state index contributed by atoms with van der Waals surface area (Å²) in [6, 6.07) is 7.33. The standard InChI is InChI=1S/C14H15ClN2O2S/c1-9(7-19-2)16-13(18)12-8-20-14(17-12)10-3-5-11(15)6-4-10/h3-6,8-9H,7H2,1-2H3,(H,16,18). The fraction of sp³-hybridized carbons (Fsp3) is 0.286. The smallest absolute Gasteiger partial charge is 0.271 e. The Labute approximate surface area is 126 Å². The molecule has 2 aromatic rings. The number of amides is 1. The van der Waals surface area contributed by atoms with Crippen LogP contribution in [0.15, 0.2) is 29.6 Å². The fourth-order valence-corrected chi connectivity index (χ4v) is 2.62. The fourth-order valence-electron chi connectivity index (χ4n) is 1.69. The van der Waals surface area contributed by atoms with Crippen molar-refractivity contribution < 1.29 is 9.53 Å². The summed E-state index contributed by atoms with van der Waals surface area (Å²) in [7, 11) is 1.60. The monoisotopic (exact) mass is 310 g/mol. The van der Waals surface area contributed by atoms with E-state index < -0.39 is 0 Å². The summed E-state index contributed by atoms with van der Waals surface area (Å²) in [5.74, 6) is -0.189. The molecular weight excluding hydrogens is 296 g/mol. The van der Waals surface area contributed by atoms with Gasteiger partial charge in [-0.25, -0.2) is 4.98 Å². The van der Waals surface area contributed by atoms with E-state index in [-0.39, 0.29) is 11.9 Å². The Kier molecular flexibility index (Phi) is 5.11. The highest BCUT2D eigenvalue weighted by atomic mass is 35.5. The van der Waals surface area contributed by atoms with Crippen molar-refractivity contribution in [1.29, 1.82) is 0 Å². The molecule has 1 unspecified atom stereocenters. The number of hydrogen-bond acceptors (Lipinski definition) is 4. The maximum absolute atomic E-state index is 12.0. The Morgan fingerprint density at radius 1 is 1.45 bits per heavy atom. The number of aromatic nitrogens is 1. The average molecular weight is 311 g/mol. The van der Waals surface area contributed by atoms with Crippen LogP contribution in [0.25, 0.3) is 10.6 Å². The van der Waals surface area contributed by atoms with E-state index in [1.807, 2.05) is 19.1 Å². The van der Waals surface area contributed by atoms with E-state index in [1.54, 1.807) is 24.6 Å². The van der Waals surface area contributed by atoms with E-state index >= 15 is 0 Å². The Bertz CT molecular complexity index is 583. The lowest BCUT2D eigenvalue weighted by atomic mass is 10.2. The molecular formula is C14H15ClN2O2S. The number of carbonyl (C=O) groups excluding carboxylic acids is 1. The molecule has 4 nitrogen and oxygen atoms in total. The molecule has 2 rings (SSSR count). The Morgan fingerprint density at radius 3 is 2.80 bits per heavy atom. The Morgan fingerprint density at radius 2 is 2.15 bits per heavy atom. The van der Waals surface area contributed by atoms with Crippen molar-refractivity contribution >= 4 is 28.8 Å². The zero-order valence-corrected chi connectivity index (χ0v) is 12.8. The molecule has 0 bridgehead atoms. The second-order valence-corrected chi connectivity index (χ2v) is 5.67.